The molecule has 1 fully saturated rings. The van der Waals surface area contributed by atoms with Gasteiger partial charge < -0.3 is 11.1 Å². The maximum atomic E-state index is 11.6. The lowest BCUT2D eigenvalue weighted by Crippen LogP contribution is -2.21. The van der Waals surface area contributed by atoms with Gasteiger partial charge in [0.05, 0.1) is 5.69 Å². The molecule has 7 nitrogen and oxygen atoms in total. The first-order valence-electron chi connectivity index (χ1n) is 6.09. The van der Waals surface area contributed by atoms with E-state index in [0.717, 1.165) is 12.8 Å². The van der Waals surface area contributed by atoms with Crippen molar-refractivity contribution in [3.05, 3.63) is 24.3 Å². The number of anilines is 2. The number of benzene rings is 1. The fourth-order valence-electron chi connectivity index (χ4n) is 1.52. The summed E-state index contributed by atoms with van der Waals surface area (Å²) in [7, 11) is 0. The van der Waals surface area contributed by atoms with Crippen LogP contribution in [0.2, 0.25) is 0 Å². The average molecular weight is 270 g/mol. The largest absolute Gasteiger partial charge is 0.382 e. The van der Waals surface area contributed by atoms with Crippen LogP contribution in [0.25, 0.3) is 0 Å². The molecule has 1 amide bonds. The standard InChI is InChI=1S/C13H14N6O/c14-7-11(12(15)16)19-18-10-3-1-2-9(6-10)17-13(20)8-4-5-8/h1-3,6,8,18H,4-5H2,(H3,15,16)(H,17,20)/b19-11+. The second kappa shape index (κ2) is 5.84. The van der Waals surface area contributed by atoms with E-state index >= 15 is 0 Å². The molecular weight excluding hydrogens is 256 g/mol. The van der Waals surface area contributed by atoms with Crippen molar-refractivity contribution < 1.29 is 4.79 Å². The molecule has 0 aliphatic heterocycles. The molecule has 0 atom stereocenters. The molecule has 0 saturated heterocycles. The van der Waals surface area contributed by atoms with Gasteiger partial charge in [-0.3, -0.25) is 15.6 Å². The van der Waals surface area contributed by atoms with Crippen LogP contribution in [0.1, 0.15) is 12.8 Å². The van der Waals surface area contributed by atoms with Gasteiger partial charge in [-0.2, -0.15) is 10.4 Å². The molecule has 0 aromatic heterocycles. The highest BCUT2D eigenvalue weighted by Gasteiger charge is 2.29. The predicted molar refractivity (Wildman–Crippen MR) is 76.4 cm³/mol. The Bertz CT molecular complexity index is 612. The minimum Gasteiger partial charge on any atom is -0.382 e. The SMILES string of the molecule is N#C/C(=N\Nc1cccc(NC(=O)C2CC2)c1)C(=N)N. The molecule has 1 aliphatic carbocycles. The Balaban J connectivity index is 2.04. The van der Waals surface area contributed by atoms with Crippen molar-refractivity contribution in [3.63, 3.8) is 0 Å². The number of nitrogens with one attached hydrogen (secondary N) is 3. The first-order valence-corrected chi connectivity index (χ1v) is 6.09. The molecule has 20 heavy (non-hydrogen) atoms. The first kappa shape index (κ1) is 13.5. The van der Waals surface area contributed by atoms with Gasteiger partial charge in [-0.25, -0.2) is 0 Å². The molecule has 1 saturated carbocycles. The van der Waals surface area contributed by atoms with Crippen LogP contribution in [0, 0.1) is 22.7 Å². The lowest BCUT2D eigenvalue weighted by molar-refractivity contribution is -0.117. The fraction of sp³-hybridized carbons (Fsp3) is 0.231. The fourth-order valence-corrected chi connectivity index (χ4v) is 1.52. The van der Waals surface area contributed by atoms with Crippen LogP contribution in [-0.4, -0.2) is 17.5 Å². The van der Waals surface area contributed by atoms with Crippen LogP contribution in [-0.2, 0) is 4.79 Å². The summed E-state index contributed by atoms with van der Waals surface area (Å²) in [6.07, 6.45) is 1.89. The Morgan fingerprint density at radius 1 is 1.45 bits per heavy atom. The molecule has 1 aromatic carbocycles. The smallest absolute Gasteiger partial charge is 0.227 e. The number of carbonyl (C=O) groups excluding carboxylic acids is 1. The third kappa shape index (κ3) is 3.55. The monoisotopic (exact) mass is 270 g/mol. The zero-order valence-corrected chi connectivity index (χ0v) is 10.7. The second-order valence-corrected chi connectivity index (χ2v) is 4.44. The number of carbonyl (C=O) groups is 1. The lowest BCUT2D eigenvalue weighted by Gasteiger charge is -2.06. The predicted octanol–water partition coefficient (Wildman–Crippen LogP) is 1.26. The highest BCUT2D eigenvalue weighted by Crippen LogP contribution is 2.30. The van der Waals surface area contributed by atoms with E-state index in [4.69, 9.17) is 16.4 Å². The summed E-state index contributed by atoms with van der Waals surface area (Å²) < 4.78 is 0. The average Bonchev–Trinajstić information content (AvgIpc) is 3.23. The summed E-state index contributed by atoms with van der Waals surface area (Å²) in [4.78, 5) is 11.6. The molecule has 0 bridgehead atoms. The van der Waals surface area contributed by atoms with Gasteiger partial charge in [0.25, 0.3) is 0 Å². The van der Waals surface area contributed by atoms with Crippen LogP contribution in [0.15, 0.2) is 29.4 Å². The van der Waals surface area contributed by atoms with Crippen molar-refractivity contribution in [3.8, 4) is 6.07 Å². The van der Waals surface area contributed by atoms with Crippen LogP contribution in [0.5, 0.6) is 0 Å². The van der Waals surface area contributed by atoms with Gasteiger partial charge >= 0.3 is 0 Å². The first-order chi connectivity index (χ1) is 9.60. The quantitative estimate of drug-likeness (QED) is 0.365. The van der Waals surface area contributed by atoms with Crippen molar-refractivity contribution in [2.45, 2.75) is 12.8 Å². The molecule has 0 heterocycles. The van der Waals surface area contributed by atoms with E-state index in [-0.39, 0.29) is 17.5 Å². The topological polar surface area (TPSA) is 127 Å². The number of amidine groups is 1. The number of nitriles is 1. The summed E-state index contributed by atoms with van der Waals surface area (Å²) in [5, 5.41) is 22.4. The van der Waals surface area contributed by atoms with E-state index < -0.39 is 5.84 Å². The van der Waals surface area contributed by atoms with Crippen molar-refractivity contribution in [1.82, 2.24) is 0 Å². The van der Waals surface area contributed by atoms with E-state index in [2.05, 4.69) is 15.8 Å². The van der Waals surface area contributed by atoms with E-state index in [9.17, 15) is 4.79 Å². The molecule has 0 spiro atoms. The molecule has 0 radical (unpaired) electrons. The number of rotatable bonds is 5. The van der Waals surface area contributed by atoms with Gasteiger partial charge in [0.2, 0.25) is 11.6 Å². The molecular formula is C13H14N6O. The minimum absolute atomic E-state index is 0.0205. The third-order valence-corrected chi connectivity index (χ3v) is 2.74. The molecule has 1 aromatic rings. The summed E-state index contributed by atoms with van der Waals surface area (Å²) >= 11 is 0. The van der Waals surface area contributed by atoms with E-state index in [1.807, 2.05) is 0 Å². The van der Waals surface area contributed by atoms with Gasteiger partial charge in [0.15, 0.2) is 5.84 Å². The number of hydrogen-bond donors (Lipinski definition) is 4. The summed E-state index contributed by atoms with van der Waals surface area (Å²) in [6.45, 7) is 0. The molecule has 5 N–H and O–H groups in total. The van der Waals surface area contributed by atoms with Gasteiger partial charge in [-0.15, -0.1) is 0 Å². The van der Waals surface area contributed by atoms with E-state index in [0.29, 0.717) is 11.4 Å². The number of nitrogens with two attached hydrogens (primary N) is 1. The highest BCUT2D eigenvalue weighted by atomic mass is 16.2. The van der Waals surface area contributed by atoms with Crippen molar-refractivity contribution in [2.75, 3.05) is 10.7 Å². The summed E-state index contributed by atoms with van der Waals surface area (Å²) in [5.41, 5.74) is 8.86. The Morgan fingerprint density at radius 3 is 2.75 bits per heavy atom. The molecule has 1 aliphatic rings. The highest BCUT2D eigenvalue weighted by molar-refractivity contribution is 6.45. The number of amides is 1. The van der Waals surface area contributed by atoms with E-state index in [1.54, 1.807) is 30.3 Å². The molecule has 2 rings (SSSR count). The normalized spacial score (nSPS) is 14.2. The van der Waals surface area contributed by atoms with Crippen LogP contribution in [0.4, 0.5) is 11.4 Å². The maximum Gasteiger partial charge on any atom is 0.227 e. The summed E-state index contributed by atoms with van der Waals surface area (Å²) in [6, 6.07) is 8.65. The number of hydrogen-bond acceptors (Lipinski definition) is 5. The number of hydrazone groups is 1. The van der Waals surface area contributed by atoms with Crippen LogP contribution in [0.3, 0.4) is 0 Å². The van der Waals surface area contributed by atoms with E-state index in [1.165, 1.54) is 0 Å². The Kier molecular flexibility index (Phi) is 3.96. The maximum absolute atomic E-state index is 11.6. The van der Waals surface area contributed by atoms with Gasteiger partial charge in [0.1, 0.15) is 6.07 Å². The van der Waals surface area contributed by atoms with Crippen LogP contribution < -0.4 is 16.5 Å². The Hall–Kier alpha value is -2.88. The zero-order valence-electron chi connectivity index (χ0n) is 10.7. The second-order valence-electron chi connectivity index (χ2n) is 4.44. The lowest BCUT2D eigenvalue weighted by atomic mass is 10.2. The van der Waals surface area contributed by atoms with Crippen molar-refractivity contribution in [2.24, 2.45) is 16.8 Å². The third-order valence-electron chi connectivity index (χ3n) is 2.74. The minimum atomic E-state index is -0.404. The van der Waals surface area contributed by atoms with Gasteiger partial charge in [0, 0.05) is 11.6 Å². The van der Waals surface area contributed by atoms with Crippen molar-refractivity contribution in [1.29, 1.82) is 10.7 Å². The Labute approximate surface area is 116 Å². The van der Waals surface area contributed by atoms with Crippen molar-refractivity contribution >= 4 is 28.8 Å². The molecule has 102 valence electrons. The summed E-state index contributed by atoms with van der Waals surface area (Å²) in [5.74, 6) is -0.252. The van der Waals surface area contributed by atoms with Crippen LogP contribution >= 0.6 is 0 Å². The van der Waals surface area contributed by atoms with Gasteiger partial charge in [-0.05, 0) is 31.0 Å². The van der Waals surface area contributed by atoms with Gasteiger partial charge in [-0.1, -0.05) is 6.07 Å². The molecule has 7 heteroatoms. The Morgan fingerprint density at radius 2 is 2.15 bits per heavy atom. The number of nitrogens with zero attached hydrogens (tertiary/aromatic N) is 2. The zero-order chi connectivity index (χ0) is 14.5. The molecule has 0 unspecified atom stereocenters.